The van der Waals surface area contributed by atoms with Crippen molar-refractivity contribution in [3.8, 4) is 0 Å². The third-order valence-electron chi connectivity index (χ3n) is 3.13. The normalized spacial score (nSPS) is 18.7. The lowest BCUT2D eigenvalue weighted by Crippen LogP contribution is -2.46. The van der Waals surface area contributed by atoms with Gasteiger partial charge in [-0.1, -0.05) is 0 Å². The van der Waals surface area contributed by atoms with Gasteiger partial charge in [0, 0.05) is 39.3 Å². The van der Waals surface area contributed by atoms with Crippen LogP contribution in [-0.2, 0) is 6.54 Å². The molecule has 1 aliphatic heterocycles. The first-order valence-electron chi connectivity index (χ1n) is 6.10. The van der Waals surface area contributed by atoms with E-state index in [0.29, 0.717) is 0 Å². The highest BCUT2D eigenvalue weighted by Gasteiger charge is 2.12. The summed E-state index contributed by atoms with van der Waals surface area (Å²) in [4.78, 5) is 4.88. The Hall–Kier alpha value is -0.360. The molecule has 1 aromatic rings. The Morgan fingerprint density at radius 3 is 2.71 bits per heavy atom. The van der Waals surface area contributed by atoms with Crippen LogP contribution in [0.25, 0.3) is 0 Å². The van der Waals surface area contributed by atoms with E-state index in [1.807, 2.05) is 12.1 Å². The van der Waals surface area contributed by atoms with Crippen LogP contribution in [0.3, 0.4) is 0 Å². The average Bonchev–Trinajstić information content (AvgIpc) is 2.73. The van der Waals surface area contributed by atoms with Gasteiger partial charge in [-0.15, -0.1) is 0 Å². The number of furan rings is 1. The lowest BCUT2D eigenvalue weighted by molar-refractivity contribution is 0.154. The first kappa shape index (κ1) is 13.1. The molecule has 1 saturated heterocycles. The summed E-state index contributed by atoms with van der Waals surface area (Å²) in [5.41, 5.74) is 0. The molecule has 0 spiro atoms. The molecule has 1 fully saturated rings. The molecule has 0 atom stereocenters. The first-order valence-corrected chi connectivity index (χ1v) is 6.89. The van der Waals surface area contributed by atoms with Gasteiger partial charge in [0.25, 0.3) is 0 Å². The Labute approximate surface area is 111 Å². The highest BCUT2D eigenvalue weighted by atomic mass is 79.9. The van der Waals surface area contributed by atoms with Crippen molar-refractivity contribution < 1.29 is 4.42 Å². The van der Waals surface area contributed by atoms with E-state index in [2.05, 4.69) is 38.1 Å². The first-order chi connectivity index (χ1) is 8.24. The fourth-order valence-electron chi connectivity index (χ4n) is 1.97. The number of hydrogen-bond donors (Lipinski definition) is 1. The van der Waals surface area contributed by atoms with Gasteiger partial charge in [0.15, 0.2) is 4.67 Å². The predicted octanol–water partition coefficient (Wildman–Crippen LogP) is 1.38. The summed E-state index contributed by atoms with van der Waals surface area (Å²) >= 11 is 3.30. The highest BCUT2D eigenvalue weighted by molar-refractivity contribution is 9.10. The van der Waals surface area contributed by atoms with E-state index in [1.165, 1.54) is 26.2 Å². The minimum Gasteiger partial charge on any atom is -0.453 e. The third kappa shape index (κ3) is 4.43. The largest absolute Gasteiger partial charge is 0.453 e. The lowest BCUT2D eigenvalue weighted by Gasteiger charge is -2.32. The average molecular weight is 302 g/mol. The van der Waals surface area contributed by atoms with E-state index in [-0.39, 0.29) is 0 Å². The predicted molar refractivity (Wildman–Crippen MR) is 72.1 cm³/mol. The van der Waals surface area contributed by atoms with Crippen LogP contribution in [-0.4, -0.2) is 56.1 Å². The van der Waals surface area contributed by atoms with Gasteiger partial charge in [0.05, 0.1) is 6.54 Å². The quantitative estimate of drug-likeness (QED) is 0.833. The standard InChI is InChI=1S/C12H20BrN3O/c1-15-6-8-16(9-7-15)5-4-14-10-11-2-3-12(13)17-11/h2-3,14H,4-10H2,1H3. The number of nitrogens with one attached hydrogen (secondary N) is 1. The summed E-state index contributed by atoms with van der Waals surface area (Å²) in [7, 11) is 2.18. The molecule has 0 radical (unpaired) electrons. The number of piperazine rings is 1. The molecule has 4 nitrogen and oxygen atoms in total. The molecule has 5 heteroatoms. The van der Waals surface area contributed by atoms with Crippen LogP contribution in [0.5, 0.6) is 0 Å². The number of hydrogen-bond acceptors (Lipinski definition) is 4. The third-order valence-corrected chi connectivity index (χ3v) is 3.55. The van der Waals surface area contributed by atoms with Crippen LogP contribution in [0.4, 0.5) is 0 Å². The summed E-state index contributed by atoms with van der Waals surface area (Å²) in [5.74, 6) is 0.982. The number of nitrogens with zero attached hydrogens (tertiary/aromatic N) is 2. The highest BCUT2D eigenvalue weighted by Crippen LogP contribution is 2.13. The molecule has 0 unspecified atom stereocenters. The van der Waals surface area contributed by atoms with Crippen molar-refractivity contribution in [2.45, 2.75) is 6.54 Å². The van der Waals surface area contributed by atoms with Gasteiger partial charge in [-0.05, 0) is 35.1 Å². The molecular formula is C12H20BrN3O. The van der Waals surface area contributed by atoms with Crippen molar-refractivity contribution >= 4 is 15.9 Å². The second kappa shape index (κ2) is 6.54. The van der Waals surface area contributed by atoms with Gasteiger partial charge < -0.3 is 14.6 Å². The van der Waals surface area contributed by atoms with E-state index in [1.54, 1.807) is 0 Å². The minimum atomic E-state index is 0.799. The Morgan fingerprint density at radius 1 is 1.29 bits per heavy atom. The van der Waals surface area contributed by atoms with E-state index >= 15 is 0 Å². The second-order valence-corrected chi connectivity index (χ2v) is 5.31. The molecule has 0 amide bonds. The Balaban J connectivity index is 1.57. The van der Waals surface area contributed by atoms with Crippen molar-refractivity contribution in [2.24, 2.45) is 0 Å². The van der Waals surface area contributed by atoms with Crippen LogP contribution in [0, 0.1) is 0 Å². The molecule has 2 rings (SSSR count). The van der Waals surface area contributed by atoms with Gasteiger partial charge in [-0.3, -0.25) is 4.90 Å². The molecule has 96 valence electrons. The molecule has 0 bridgehead atoms. The zero-order chi connectivity index (χ0) is 12.1. The fourth-order valence-corrected chi connectivity index (χ4v) is 2.31. The van der Waals surface area contributed by atoms with Gasteiger partial charge >= 0.3 is 0 Å². The summed E-state index contributed by atoms with van der Waals surface area (Å²) in [6.07, 6.45) is 0. The second-order valence-electron chi connectivity index (χ2n) is 4.53. The Bertz CT molecular complexity index is 334. The maximum atomic E-state index is 5.42. The molecule has 0 aromatic carbocycles. The number of likely N-dealkylation sites (N-methyl/N-ethyl adjacent to an activating group) is 1. The van der Waals surface area contributed by atoms with Crippen LogP contribution in [0.15, 0.2) is 21.2 Å². The van der Waals surface area contributed by atoms with E-state index in [4.69, 9.17) is 4.42 Å². The maximum absolute atomic E-state index is 5.42. The maximum Gasteiger partial charge on any atom is 0.169 e. The smallest absolute Gasteiger partial charge is 0.169 e. The molecule has 1 aromatic heterocycles. The monoisotopic (exact) mass is 301 g/mol. The molecule has 2 heterocycles. The van der Waals surface area contributed by atoms with Crippen molar-refractivity contribution in [3.63, 3.8) is 0 Å². The molecule has 0 aliphatic carbocycles. The van der Waals surface area contributed by atoms with Gasteiger partial charge in [0.2, 0.25) is 0 Å². The Morgan fingerprint density at radius 2 is 2.06 bits per heavy atom. The lowest BCUT2D eigenvalue weighted by atomic mass is 10.3. The summed E-state index contributed by atoms with van der Waals surface area (Å²) < 4.78 is 6.22. The minimum absolute atomic E-state index is 0.799. The fraction of sp³-hybridized carbons (Fsp3) is 0.667. The van der Waals surface area contributed by atoms with Crippen molar-refractivity contribution in [1.82, 2.24) is 15.1 Å². The van der Waals surface area contributed by atoms with Gasteiger partial charge in [-0.2, -0.15) is 0 Å². The number of rotatable bonds is 5. The van der Waals surface area contributed by atoms with Crippen molar-refractivity contribution in [2.75, 3.05) is 46.3 Å². The van der Waals surface area contributed by atoms with Crippen molar-refractivity contribution in [1.29, 1.82) is 0 Å². The summed E-state index contributed by atoms with van der Waals surface area (Å²) in [6.45, 7) is 7.68. The molecule has 1 aliphatic rings. The molecule has 1 N–H and O–H groups in total. The molecule has 17 heavy (non-hydrogen) atoms. The summed E-state index contributed by atoms with van der Waals surface area (Å²) in [5, 5.41) is 3.40. The van der Waals surface area contributed by atoms with Crippen LogP contribution >= 0.6 is 15.9 Å². The molecule has 0 saturated carbocycles. The van der Waals surface area contributed by atoms with E-state index in [0.717, 1.165) is 30.1 Å². The topological polar surface area (TPSA) is 31.6 Å². The number of halogens is 1. The van der Waals surface area contributed by atoms with Gasteiger partial charge in [-0.25, -0.2) is 0 Å². The van der Waals surface area contributed by atoms with Gasteiger partial charge in [0.1, 0.15) is 5.76 Å². The van der Waals surface area contributed by atoms with Crippen LogP contribution in [0.1, 0.15) is 5.76 Å². The van der Waals surface area contributed by atoms with Crippen molar-refractivity contribution in [3.05, 3.63) is 22.6 Å². The van der Waals surface area contributed by atoms with E-state index in [9.17, 15) is 0 Å². The zero-order valence-corrected chi connectivity index (χ0v) is 11.9. The van der Waals surface area contributed by atoms with E-state index < -0.39 is 0 Å². The van der Waals surface area contributed by atoms with Crippen LogP contribution in [0.2, 0.25) is 0 Å². The summed E-state index contributed by atoms with van der Waals surface area (Å²) in [6, 6.07) is 3.92. The van der Waals surface area contributed by atoms with Crippen LogP contribution < -0.4 is 5.32 Å². The molecular weight excluding hydrogens is 282 g/mol. The zero-order valence-electron chi connectivity index (χ0n) is 10.3. The Kier molecular flexibility index (Phi) is 5.03. The SMILES string of the molecule is CN1CCN(CCNCc2ccc(Br)o2)CC1.